The number of benzene rings is 1. The van der Waals surface area contributed by atoms with Crippen LogP contribution in [0, 0.1) is 0 Å². The van der Waals surface area contributed by atoms with E-state index in [0.717, 1.165) is 18.9 Å². The number of hydrogen-bond acceptors (Lipinski definition) is 6. The standard InChI is InChI=1S/C21H29NO5/c1-5-8-10-17(22-26-11-7-3)12-16-13-18(23)14-19(24)20(16)21(25)27-15(4)9-6-2/h6-7,13-15,23-24H,2-3,5,8-12H2,1,4H3/b22-17+. The lowest BCUT2D eigenvalue weighted by Gasteiger charge is -2.16. The van der Waals surface area contributed by atoms with E-state index >= 15 is 0 Å². The predicted octanol–water partition coefficient (Wildman–Crippen LogP) is 4.51. The molecule has 0 heterocycles. The topological polar surface area (TPSA) is 88.4 Å². The van der Waals surface area contributed by atoms with Crippen molar-refractivity contribution >= 4 is 11.7 Å². The van der Waals surface area contributed by atoms with Crippen LogP contribution in [0.4, 0.5) is 0 Å². The van der Waals surface area contributed by atoms with Gasteiger partial charge in [0.15, 0.2) is 0 Å². The van der Waals surface area contributed by atoms with Crippen LogP contribution in [0.2, 0.25) is 0 Å². The lowest BCUT2D eigenvalue weighted by Crippen LogP contribution is -2.17. The van der Waals surface area contributed by atoms with Crippen molar-refractivity contribution in [2.45, 2.75) is 52.1 Å². The van der Waals surface area contributed by atoms with Gasteiger partial charge >= 0.3 is 5.97 Å². The predicted molar refractivity (Wildman–Crippen MR) is 106 cm³/mol. The zero-order valence-corrected chi connectivity index (χ0v) is 16.1. The van der Waals surface area contributed by atoms with Crippen LogP contribution in [0.1, 0.15) is 55.5 Å². The maximum atomic E-state index is 12.6. The first-order valence-electron chi connectivity index (χ1n) is 9.08. The van der Waals surface area contributed by atoms with Gasteiger partial charge in [0.2, 0.25) is 0 Å². The number of aromatic hydroxyl groups is 2. The molecule has 0 aromatic heterocycles. The van der Waals surface area contributed by atoms with Gasteiger partial charge in [0.1, 0.15) is 29.8 Å². The summed E-state index contributed by atoms with van der Waals surface area (Å²) in [5.74, 6) is -1.12. The van der Waals surface area contributed by atoms with E-state index in [1.54, 1.807) is 19.1 Å². The molecule has 6 heteroatoms. The smallest absolute Gasteiger partial charge is 0.342 e. The Morgan fingerprint density at radius 3 is 2.67 bits per heavy atom. The van der Waals surface area contributed by atoms with E-state index in [0.29, 0.717) is 24.1 Å². The summed E-state index contributed by atoms with van der Waals surface area (Å²) >= 11 is 0. The quantitative estimate of drug-likeness (QED) is 0.184. The summed E-state index contributed by atoms with van der Waals surface area (Å²) < 4.78 is 5.36. The fraction of sp³-hybridized carbons (Fsp3) is 0.429. The molecule has 27 heavy (non-hydrogen) atoms. The fourth-order valence-electron chi connectivity index (χ4n) is 2.52. The molecule has 0 aliphatic heterocycles. The maximum Gasteiger partial charge on any atom is 0.342 e. The second-order valence-corrected chi connectivity index (χ2v) is 6.26. The Kier molecular flexibility index (Phi) is 9.72. The molecule has 0 amide bonds. The van der Waals surface area contributed by atoms with E-state index in [2.05, 4.69) is 25.2 Å². The lowest BCUT2D eigenvalue weighted by atomic mass is 9.98. The molecule has 0 saturated heterocycles. The average Bonchev–Trinajstić information content (AvgIpc) is 2.59. The van der Waals surface area contributed by atoms with Crippen molar-refractivity contribution in [3.63, 3.8) is 0 Å². The molecule has 0 saturated carbocycles. The minimum Gasteiger partial charge on any atom is -0.508 e. The molecular formula is C21H29NO5. The molecule has 2 N–H and O–H groups in total. The Labute approximate surface area is 160 Å². The molecule has 148 valence electrons. The highest BCUT2D eigenvalue weighted by atomic mass is 16.6. The Hall–Kier alpha value is -2.76. The van der Waals surface area contributed by atoms with Crippen molar-refractivity contribution in [2.24, 2.45) is 5.16 Å². The number of phenols is 2. The van der Waals surface area contributed by atoms with Gasteiger partial charge in [0.25, 0.3) is 0 Å². The van der Waals surface area contributed by atoms with Crippen molar-refractivity contribution in [1.82, 2.24) is 0 Å². The van der Waals surface area contributed by atoms with Crippen LogP contribution >= 0.6 is 0 Å². The molecule has 1 rings (SSSR count). The first-order chi connectivity index (χ1) is 12.9. The summed E-state index contributed by atoms with van der Waals surface area (Å²) in [6.45, 7) is 11.3. The van der Waals surface area contributed by atoms with Crippen molar-refractivity contribution in [3.8, 4) is 11.5 Å². The third-order valence-corrected chi connectivity index (χ3v) is 3.79. The number of carbonyl (C=O) groups excluding carboxylic acids is 1. The molecular weight excluding hydrogens is 346 g/mol. The minimum absolute atomic E-state index is 0.0247. The lowest BCUT2D eigenvalue weighted by molar-refractivity contribution is 0.0344. The van der Waals surface area contributed by atoms with Crippen molar-refractivity contribution < 1.29 is 24.6 Å². The van der Waals surface area contributed by atoms with E-state index in [1.165, 1.54) is 6.07 Å². The Balaban J connectivity index is 3.15. The number of ether oxygens (including phenoxy) is 1. The average molecular weight is 375 g/mol. The van der Waals surface area contributed by atoms with E-state index in [1.807, 2.05) is 0 Å². The molecule has 1 atom stereocenters. The number of rotatable bonds is 12. The number of phenolic OH excluding ortho intramolecular Hbond substituents is 2. The number of unbranched alkanes of at least 4 members (excludes halogenated alkanes) is 1. The van der Waals surface area contributed by atoms with Crippen LogP contribution in [0.5, 0.6) is 11.5 Å². The molecule has 1 aromatic rings. The molecule has 0 aliphatic carbocycles. The van der Waals surface area contributed by atoms with Gasteiger partial charge in [-0.15, -0.1) is 6.58 Å². The maximum absolute atomic E-state index is 12.6. The van der Waals surface area contributed by atoms with Crippen LogP contribution in [-0.2, 0) is 16.0 Å². The Bertz CT molecular complexity index is 681. The van der Waals surface area contributed by atoms with Crippen LogP contribution in [0.15, 0.2) is 42.6 Å². The highest BCUT2D eigenvalue weighted by Gasteiger charge is 2.22. The SMILES string of the molecule is C=CCO/N=C(\CCCC)Cc1cc(O)cc(O)c1C(=O)OC(C)CC=C. The van der Waals surface area contributed by atoms with Gasteiger partial charge in [0.05, 0.1) is 5.71 Å². The molecule has 6 nitrogen and oxygen atoms in total. The van der Waals surface area contributed by atoms with E-state index in [4.69, 9.17) is 9.57 Å². The number of nitrogens with zero attached hydrogens (tertiary/aromatic N) is 1. The van der Waals surface area contributed by atoms with Gasteiger partial charge in [-0.25, -0.2) is 4.79 Å². The van der Waals surface area contributed by atoms with Gasteiger partial charge < -0.3 is 19.8 Å². The van der Waals surface area contributed by atoms with Gasteiger partial charge in [-0.05, 0) is 31.4 Å². The van der Waals surface area contributed by atoms with Gasteiger partial charge in [-0.3, -0.25) is 0 Å². The third kappa shape index (κ3) is 7.56. The molecule has 0 bridgehead atoms. The Morgan fingerprint density at radius 2 is 2.04 bits per heavy atom. The number of carbonyl (C=O) groups is 1. The van der Waals surface area contributed by atoms with Gasteiger partial charge in [-0.1, -0.05) is 37.2 Å². The van der Waals surface area contributed by atoms with E-state index in [-0.39, 0.29) is 36.2 Å². The molecule has 0 fully saturated rings. The zero-order valence-electron chi connectivity index (χ0n) is 16.1. The third-order valence-electron chi connectivity index (χ3n) is 3.79. The molecule has 1 unspecified atom stereocenters. The van der Waals surface area contributed by atoms with Crippen LogP contribution in [-0.4, -0.2) is 34.6 Å². The Morgan fingerprint density at radius 1 is 1.30 bits per heavy atom. The molecule has 0 radical (unpaired) electrons. The molecule has 1 aromatic carbocycles. The fourth-order valence-corrected chi connectivity index (χ4v) is 2.52. The first kappa shape index (κ1) is 22.3. The summed E-state index contributed by atoms with van der Waals surface area (Å²) in [6, 6.07) is 2.55. The number of oxime groups is 1. The number of hydrogen-bond donors (Lipinski definition) is 2. The van der Waals surface area contributed by atoms with Crippen LogP contribution in [0.25, 0.3) is 0 Å². The second kappa shape index (κ2) is 11.8. The summed E-state index contributed by atoms with van der Waals surface area (Å²) in [7, 11) is 0. The molecule has 0 aliphatic rings. The van der Waals surface area contributed by atoms with Crippen LogP contribution in [0.3, 0.4) is 0 Å². The van der Waals surface area contributed by atoms with E-state index in [9.17, 15) is 15.0 Å². The highest BCUT2D eigenvalue weighted by Crippen LogP contribution is 2.29. The van der Waals surface area contributed by atoms with Gasteiger partial charge in [0, 0.05) is 18.9 Å². The number of esters is 1. The first-order valence-corrected chi connectivity index (χ1v) is 9.08. The second-order valence-electron chi connectivity index (χ2n) is 6.26. The monoisotopic (exact) mass is 375 g/mol. The largest absolute Gasteiger partial charge is 0.508 e. The normalized spacial score (nSPS) is 12.3. The van der Waals surface area contributed by atoms with E-state index < -0.39 is 5.97 Å². The minimum atomic E-state index is -0.654. The summed E-state index contributed by atoms with van der Waals surface area (Å²) in [5.41, 5.74) is 1.16. The zero-order chi connectivity index (χ0) is 20.2. The van der Waals surface area contributed by atoms with Crippen molar-refractivity contribution in [3.05, 3.63) is 48.6 Å². The van der Waals surface area contributed by atoms with Gasteiger partial charge in [-0.2, -0.15) is 0 Å². The van der Waals surface area contributed by atoms with Crippen molar-refractivity contribution in [2.75, 3.05) is 6.61 Å². The summed E-state index contributed by atoms with van der Waals surface area (Å²) in [6.07, 6.45) is 6.16. The van der Waals surface area contributed by atoms with Crippen LogP contribution < -0.4 is 0 Å². The summed E-state index contributed by atoms with van der Waals surface area (Å²) in [4.78, 5) is 17.7. The molecule has 0 spiro atoms. The van der Waals surface area contributed by atoms with Crippen molar-refractivity contribution in [1.29, 1.82) is 0 Å². The summed E-state index contributed by atoms with van der Waals surface area (Å²) in [5, 5.41) is 24.2. The highest BCUT2D eigenvalue weighted by molar-refractivity contribution is 5.97.